The third kappa shape index (κ3) is 4.10. The zero-order valence-corrected chi connectivity index (χ0v) is 16.1. The Kier molecular flexibility index (Phi) is 5.74. The fraction of sp³-hybridized carbons (Fsp3) is 0.263. The van der Waals surface area contributed by atoms with Crippen LogP contribution in [-0.4, -0.2) is 35.3 Å². The highest BCUT2D eigenvalue weighted by Gasteiger charge is 2.51. The van der Waals surface area contributed by atoms with Gasteiger partial charge in [-0.15, -0.1) is 11.8 Å². The Morgan fingerprint density at radius 1 is 1.33 bits per heavy atom. The van der Waals surface area contributed by atoms with Crippen LogP contribution in [0.15, 0.2) is 47.4 Å². The lowest BCUT2D eigenvalue weighted by Crippen LogP contribution is -2.52. The zero-order valence-electron chi connectivity index (χ0n) is 14.5. The number of aliphatic hydroxyl groups is 1. The summed E-state index contributed by atoms with van der Waals surface area (Å²) < 4.78 is 13.4. The minimum Gasteiger partial charge on any atom is -0.372 e. The Morgan fingerprint density at radius 3 is 2.67 bits per heavy atom. The van der Waals surface area contributed by atoms with Crippen LogP contribution in [0.4, 0.5) is 10.1 Å². The first-order valence-electron chi connectivity index (χ1n) is 8.25. The minimum atomic E-state index is -2.14. The van der Waals surface area contributed by atoms with E-state index >= 15 is 0 Å². The molecule has 3 rings (SSSR count). The molecule has 2 amide bonds. The van der Waals surface area contributed by atoms with Crippen LogP contribution in [-0.2, 0) is 16.1 Å². The fourth-order valence-electron chi connectivity index (χ4n) is 2.97. The van der Waals surface area contributed by atoms with Crippen LogP contribution in [0.25, 0.3) is 0 Å². The highest BCUT2D eigenvalue weighted by Crippen LogP contribution is 2.30. The van der Waals surface area contributed by atoms with Gasteiger partial charge in [0, 0.05) is 35.1 Å². The number of amides is 2. The van der Waals surface area contributed by atoms with E-state index in [0.717, 1.165) is 11.0 Å². The van der Waals surface area contributed by atoms with Crippen LogP contribution < -0.4 is 10.2 Å². The SMILES string of the molecule is CSc1ccc(N2CCC(O)(C(=O)NCc3cc(F)cc(Cl)c3)C2=O)cc1. The molecule has 0 radical (unpaired) electrons. The quantitative estimate of drug-likeness (QED) is 0.589. The summed E-state index contributed by atoms with van der Waals surface area (Å²) in [4.78, 5) is 27.6. The first-order valence-corrected chi connectivity index (χ1v) is 9.85. The van der Waals surface area contributed by atoms with Crippen LogP contribution >= 0.6 is 23.4 Å². The van der Waals surface area contributed by atoms with E-state index in [1.54, 1.807) is 23.9 Å². The summed E-state index contributed by atoms with van der Waals surface area (Å²) in [6.45, 7) is 0.182. The Hall–Kier alpha value is -2.09. The van der Waals surface area contributed by atoms with Crippen molar-refractivity contribution in [3.05, 3.63) is 58.9 Å². The van der Waals surface area contributed by atoms with Gasteiger partial charge in [-0.1, -0.05) is 11.6 Å². The molecule has 0 aliphatic carbocycles. The summed E-state index contributed by atoms with van der Waals surface area (Å²) in [7, 11) is 0. The molecular weight excluding hydrogens is 391 g/mol. The van der Waals surface area contributed by atoms with Crippen molar-refractivity contribution in [1.82, 2.24) is 5.32 Å². The molecule has 27 heavy (non-hydrogen) atoms. The van der Waals surface area contributed by atoms with Crippen molar-refractivity contribution in [2.45, 2.75) is 23.5 Å². The number of carbonyl (C=O) groups is 2. The van der Waals surface area contributed by atoms with E-state index in [2.05, 4.69) is 5.32 Å². The van der Waals surface area contributed by atoms with E-state index in [0.29, 0.717) is 11.3 Å². The van der Waals surface area contributed by atoms with Crippen molar-refractivity contribution in [2.24, 2.45) is 0 Å². The number of nitrogens with zero attached hydrogens (tertiary/aromatic N) is 1. The van der Waals surface area contributed by atoms with Gasteiger partial charge in [-0.3, -0.25) is 9.59 Å². The molecule has 0 aromatic heterocycles. The monoisotopic (exact) mass is 408 g/mol. The van der Waals surface area contributed by atoms with E-state index in [4.69, 9.17) is 11.6 Å². The summed E-state index contributed by atoms with van der Waals surface area (Å²) in [5.74, 6) is -2.01. The van der Waals surface area contributed by atoms with E-state index in [1.807, 2.05) is 18.4 Å². The number of thioether (sulfide) groups is 1. The smallest absolute Gasteiger partial charge is 0.268 e. The van der Waals surface area contributed by atoms with Crippen molar-refractivity contribution in [3.63, 3.8) is 0 Å². The summed E-state index contributed by atoms with van der Waals surface area (Å²) in [6, 6.07) is 11.2. The molecule has 1 atom stereocenters. The molecule has 8 heteroatoms. The van der Waals surface area contributed by atoms with Crippen molar-refractivity contribution in [1.29, 1.82) is 0 Å². The molecule has 0 spiro atoms. The molecular formula is C19H18ClFN2O3S. The molecule has 1 saturated heterocycles. The van der Waals surface area contributed by atoms with Crippen LogP contribution in [0, 0.1) is 5.82 Å². The second kappa shape index (κ2) is 7.88. The van der Waals surface area contributed by atoms with E-state index in [9.17, 15) is 19.1 Å². The number of hydrogen-bond donors (Lipinski definition) is 2. The molecule has 1 aliphatic heterocycles. The van der Waals surface area contributed by atoms with E-state index in [1.165, 1.54) is 17.0 Å². The summed E-state index contributed by atoms with van der Waals surface area (Å²) >= 11 is 7.37. The van der Waals surface area contributed by atoms with Crippen molar-refractivity contribution >= 4 is 40.9 Å². The van der Waals surface area contributed by atoms with Gasteiger partial charge in [0.05, 0.1) is 0 Å². The highest BCUT2D eigenvalue weighted by molar-refractivity contribution is 7.98. The normalized spacial score (nSPS) is 19.4. The number of carbonyl (C=O) groups excluding carboxylic acids is 2. The highest BCUT2D eigenvalue weighted by atomic mass is 35.5. The fourth-order valence-corrected chi connectivity index (χ4v) is 3.62. The first-order chi connectivity index (χ1) is 12.8. The van der Waals surface area contributed by atoms with Crippen molar-refractivity contribution in [2.75, 3.05) is 17.7 Å². The molecule has 5 nitrogen and oxygen atoms in total. The largest absolute Gasteiger partial charge is 0.372 e. The van der Waals surface area contributed by atoms with E-state index in [-0.39, 0.29) is 24.5 Å². The molecule has 142 valence electrons. The van der Waals surface area contributed by atoms with E-state index < -0.39 is 23.2 Å². The number of halogens is 2. The average molecular weight is 409 g/mol. The van der Waals surface area contributed by atoms with Gasteiger partial charge in [0.15, 0.2) is 0 Å². The lowest BCUT2D eigenvalue weighted by atomic mass is 10.0. The average Bonchev–Trinajstić information content (AvgIpc) is 2.95. The van der Waals surface area contributed by atoms with Gasteiger partial charge < -0.3 is 15.3 Å². The van der Waals surface area contributed by atoms with Crippen LogP contribution in [0.1, 0.15) is 12.0 Å². The predicted octanol–water partition coefficient (Wildman–Crippen LogP) is 2.99. The summed E-state index contributed by atoms with van der Waals surface area (Å²) in [5.41, 5.74) is -1.08. The molecule has 1 aliphatic rings. The Morgan fingerprint density at radius 2 is 2.04 bits per heavy atom. The Bertz CT molecular complexity index is 858. The van der Waals surface area contributed by atoms with Gasteiger partial charge in [0.1, 0.15) is 5.82 Å². The zero-order chi connectivity index (χ0) is 19.6. The van der Waals surface area contributed by atoms with Crippen molar-refractivity contribution < 1.29 is 19.1 Å². The standard InChI is InChI=1S/C19H18ClFN2O3S/c1-27-16-4-2-15(3-5-16)23-7-6-19(26,18(23)25)17(24)22-11-12-8-13(20)10-14(21)9-12/h2-5,8-10,26H,6-7,11H2,1H3,(H,22,24). The number of nitrogens with one attached hydrogen (secondary N) is 1. The van der Waals surface area contributed by atoms with Crippen LogP contribution in [0.3, 0.4) is 0 Å². The third-order valence-corrected chi connectivity index (χ3v) is 5.39. The maximum Gasteiger partial charge on any atom is 0.268 e. The number of hydrogen-bond acceptors (Lipinski definition) is 4. The molecule has 0 saturated carbocycles. The maximum atomic E-state index is 13.4. The van der Waals surface area contributed by atoms with Gasteiger partial charge in [0.25, 0.3) is 11.8 Å². The molecule has 0 bridgehead atoms. The van der Waals surface area contributed by atoms with Crippen LogP contribution in [0.2, 0.25) is 5.02 Å². The van der Waals surface area contributed by atoms with Gasteiger partial charge in [0.2, 0.25) is 5.60 Å². The van der Waals surface area contributed by atoms with Gasteiger partial charge in [-0.2, -0.15) is 0 Å². The topological polar surface area (TPSA) is 69.6 Å². The molecule has 2 aromatic rings. The number of benzene rings is 2. The van der Waals surface area contributed by atoms with Crippen LogP contribution in [0.5, 0.6) is 0 Å². The van der Waals surface area contributed by atoms with Gasteiger partial charge in [-0.25, -0.2) is 4.39 Å². The summed E-state index contributed by atoms with van der Waals surface area (Å²) in [6.07, 6.45) is 1.93. The summed E-state index contributed by atoms with van der Waals surface area (Å²) in [5, 5.41) is 13.3. The molecule has 1 heterocycles. The minimum absolute atomic E-state index is 0.0220. The maximum absolute atomic E-state index is 13.4. The molecule has 1 fully saturated rings. The van der Waals surface area contributed by atoms with Gasteiger partial charge in [-0.05, 0) is 54.3 Å². The van der Waals surface area contributed by atoms with Crippen molar-refractivity contribution in [3.8, 4) is 0 Å². The molecule has 2 N–H and O–H groups in total. The molecule has 2 aromatic carbocycles. The third-order valence-electron chi connectivity index (χ3n) is 4.43. The Balaban J connectivity index is 1.69. The lowest BCUT2D eigenvalue weighted by molar-refractivity contribution is -0.149. The Labute approximate surface area is 165 Å². The number of anilines is 1. The molecule has 1 unspecified atom stereocenters. The van der Waals surface area contributed by atoms with Gasteiger partial charge >= 0.3 is 0 Å². The second-order valence-electron chi connectivity index (χ2n) is 6.23. The first kappa shape index (κ1) is 19.7. The lowest BCUT2D eigenvalue weighted by Gasteiger charge is -2.22. The number of rotatable bonds is 5. The predicted molar refractivity (Wildman–Crippen MR) is 103 cm³/mol. The second-order valence-corrected chi connectivity index (χ2v) is 7.54.